The Morgan fingerprint density at radius 1 is 1.10 bits per heavy atom. The molecule has 2 amide bonds. The fourth-order valence-electron chi connectivity index (χ4n) is 1.39. The zero-order chi connectivity index (χ0) is 15.1. The standard InChI is InChI=1S/C12H14N2O6/c1-20-3-2-13-12(19)14-9-5-7(10(15)16)4-8(6-9)11(17)18/h4-6H,2-3H2,1H3,(H,15,16)(H,17,18)(H2,13,14,19). The molecule has 0 saturated heterocycles. The van der Waals surface area contributed by atoms with Gasteiger partial charge in [0, 0.05) is 19.3 Å². The fraction of sp³-hybridized carbons (Fsp3) is 0.250. The average molecular weight is 282 g/mol. The van der Waals surface area contributed by atoms with Crippen LogP contribution in [0.1, 0.15) is 20.7 Å². The fourth-order valence-corrected chi connectivity index (χ4v) is 1.39. The van der Waals surface area contributed by atoms with Gasteiger partial charge in [-0.3, -0.25) is 0 Å². The van der Waals surface area contributed by atoms with Crippen LogP contribution in [0.15, 0.2) is 18.2 Å². The lowest BCUT2D eigenvalue weighted by Crippen LogP contribution is -2.31. The van der Waals surface area contributed by atoms with Crippen LogP contribution in [0.2, 0.25) is 0 Å². The number of ether oxygens (including phenoxy) is 1. The summed E-state index contributed by atoms with van der Waals surface area (Å²) in [6.45, 7) is 0.593. The Bertz CT molecular complexity index is 496. The molecule has 0 bridgehead atoms. The van der Waals surface area contributed by atoms with Crippen molar-refractivity contribution in [3.8, 4) is 0 Å². The largest absolute Gasteiger partial charge is 0.478 e. The number of methoxy groups -OCH3 is 1. The Hall–Kier alpha value is -2.61. The lowest BCUT2D eigenvalue weighted by molar-refractivity contribution is 0.0696. The van der Waals surface area contributed by atoms with Gasteiger partial charge < -0.3 is 25.6 Å². The number of aromatic carboxylic acids is 2. The molecule has 4 N–H and O–H groups in total. The van der Waals surface area contributed by atoms with Crippen LogP contribution in [-0.2, 0) is 4.74 Å². The maximum absolute atomic E-state index is 11.5. The van der Waals surface area contributed by atoms with E-state index in [1.807, 2.05) is 0 Å². The molecule has 0 atom stereocenters. The quantitative estimate of drug-likeness (QED) is 0.573. The van der Waals surface area contributed by atoms with Gasteiger partial charge in [-0.25, -0.2) is 14.4 Å². The molecule has 8 heteroatoms. The predicted octanol–water partition coefficient (Wildman–Crippen LogP) is 0.851. The number of amides is 2. The van der Waals surface area contributed by atoms with Crippen molar-refractivity contribution < 1.29 is 29.3 Å². The molecule has 1 rings (SSSR count). The third-order valence-corrected chi connectivity index (χ3v) is 2.28. The average Bonchev–Trinajstić information content (AvgIpc) is 2.38. The first kappa shape index (κ1) is 15.4. The summed E-state index contributed by atoms with van der Waals surface area (Å²) in [4.78, 5) is 33.3. The molecule has 0 fully saturated rings. The summed E-state index contributed by atoms with van der Waals surface area (Å²) >= 11 is 0. The normalized spacial score (nSPS) is 9.85. The highest BCUT2D eigenvalue weighted by molar-refractivity contribution is 5.98. The molecular formula is C12H14N2O6. The summed E-state index contributed by atoms with van der Waals surface area (Å²) in [5.74, 6) is -2.56. The molecule has 0 unspecified atom stereocenters. The van der Waals surface area contributed by atoms with Crippen molar-refractivity contribution in [2.45, 2.75) is 0 Å². The molecule has 0 heterocycles. The minimum Gasteiger partial charge on any atom is -0.478 e. The Morgan fingerprint density at radius 2 is 1.65 bits per heavy atom. The number of benzene rings is 1. The molecule has 0 radical (unpaired) electrons. The van der Waals surface area contributed by atoms with E-state index in [1.54, 1.807) is 0 Å². The van der Waals surface area contributed by atoms with E-state index in [0.29, 0.717) is 6.61 Å². The number of hydrogen-bond acceptors (Lipinski definition) is 4. The Labute approximate surface area is 114 Å². The third-order valence-electron chi connectivity index (χ3n) is 2.28. The monoisotopic (exact) mass is 282 g/mol. The number of rotatable bonds is 6. The van der Waals surface area contributed by atoms with Crippen LogP contribution < -0.4 is 10.6 Å². The molecule has 1 aromatic carbocycles. The van der Waals surface area contributed by atoms with Crippen molar-refractivity contribution in [2.75, 3.05) is 25.6 Å². The van der Waals surface area contributed by atoms with E-state index >= 15 is 0 Å². The highest BCUT2D eigenvalue weighted by atomic mass is 16.5. The number of anilines is 1. The van der Waals surface area contributed by atoms with E-state index in [2.05, 4.69) is 10.6 Å². The second kappa shape index (κ2) is 7.10. The molecule has 0 aliphatic carbocycles. The van der Waals surface area contributed by atoms with Crippen LogP contribution >= 0.6 is 0 Å². The second-order valence-corrected chi connectivity index (χ2v) is 3.78. The van der Waals surface area contributed by atoms with Crippen molar-refractivity contribution in [2.24, 2.45) is 0 Å². The SMILES string of the molecule is COCCNC(=O)Nc1cc(C(=O)O)cc(C(=O)O)c1. The maximum Gasteiger partial charge on any atom is 0.335 e. The molecule has 0 spiro atoms. The van der Waals surface area contributed by atoms with Gasteiger partial charge in [-0.05, 0) is 18.2 Å². The summed E-state index contributed by atoms with van der Waals surface area (Å²) in [5.41, 5.74) is -0.369. The zero-order valence-corrected chi connectivity index (χ0v) is 10.7. The lowest BCUT2D eigenvalue weighted by atomic mass is 10.1. The first-order chi connectivity index (χ1) is 9.43. The summed E-state index contributed by atoms with van der Waals surface area (Å²) in [6, 6.07) is 2.77. The van der Waals surface area contributed by atoms with Crippen molar-refractivity contribution in [3.63, 3.8) is 0 Å². The molecule has 8 nitrogen and oxygen atoms in total. The molecule has 0 aliphatic rings. The van der Waals surface area contributed by atoms with E-state index in [0.717, 1.165) is 6.07 Å². The van der Waals surface area contributed by atoms with Gasteiger partial charge in [-0.15, -0.1) is 0 Å². The van der Waals surface area contributed by atoms with Gasteiger partial charge >= 0.3 is 18.0 Å². The van der Waals surface area contributed by atoms with Crippen molar-refractivity contribution in [3.05, 3.63) is 29.3 Å². The lowest BCUT2D eigenvalue weighted by Gasteiger charge is -2.09. The van der Waals surface area contributed by atoms with Crippen LogP contribution in [0.4, 0.5) is 10.5 Å². The molecule has 0 aliphatic heterocycles. The van der Waals surface area contributed by atoms with Crippen molar-refractivity contribution >= 4 is 23.7 Å². The van der Waals surface area contributed by atoms with E-state index in [-0.39, 0.29) is 23.4 Å². The molecule has 0 saturated carbocycles. The van der Waals surface area contributed by atoms with Gasteiger partial charge in [0.25, 0.3) is 0 Å². The van der Waals surface area contributed by atoms with Gasteiger partial charge in [-0.2, -0.15) is 0 Å². The topological polar surface area (TPSA) is 125 Å². The van der Waals surface area contributed by atoms with Crippen LogP contribution in [0, 0.1) is 0 Å². The third kappa shape index (κ3) is 4.58. The first-order valence-electron chi connectivity index (χ1n) is 5.59. The van der Waals surface area contributed by atoms with Crippen LogP contribution in [-0.4, -0.2) is 48.4 Å². The molecule has 1 aromatic rings. The first-order valence-corrected chi connectivity index (χ1v) is 5.59. The Morgan fingerprint density at radius 3 is 2.10 bits per heavy atom. The number of carboxylic acid groups (broad SMARTS) is 2. The number of carboxylic acids is 2. The Kier molecular flexibility index (Phi) is 5.48. The summed E-state index contributed by atoms with van der Waals surface area (Å²) in [6.07, 6.45) is 0. The molecule has 20 heavy (non-hydrogen) atoms. The van der Waals surface area contributed by atoms with E-state index in [4.69, 9.17) is 14.9 Å². The predicted molar refractivity (Wildman–Crippen MR) is 69.3 cm³/mol. The van der Waals surface area contributed by atoms with Gasteiger partial charge in [-0.1, -0.05) is 0 Å². The van der Waals surface area contributed by atoms with Gasteiger partial charge in [0.15, 0.2) is 0 Å². The molecule has 108 valence electrons. The van der Waals surface area contributed by atoms with Crippen LogP contribution in [0.25, 0.3) is 0 Å². The van der Waals surface area contributed by atoms with Crippen LogP contribution in [0.3, 0.4) is 0 Å². The minimum atomic E-state index is -1.28. The summed E-state index contributed by atoms with van der Waals surface area (Å²) < 4.78 is 4.75. The number of nitrogens with one attached hydrogen (secondary N) is 2. The minimum absolute atomic E-state index is 0.0808. The second-order valence-electron chi connectivity index (χ2n) is 3.78. The number of carbonyl (C=O) groups is 3. The number of hydrogen-bond donors (Lipinski definition) is 4. The number of carbonyl (C=O) groups excluding carboxylic acids is 1. The van der Waals surface area contributed by atoms with E-state index < -0.39 is 18.0 Å². The smallest absolute Gasteiger partial charge is 0.335 e. The highest BCUT2D eigenvalue weighted by Gasteiger charge is 2.12. The molecular weight excluding hydrogens is 268 g/mol. The van der Waals surface area contributed by atoms with Crippen LogP contribution in [0.5, 0.6) is 0 Å². The summed E-state index contributed by atoms with van der Waals surface area (Å²) in [5, 5.41) is 22.6. The highest BCUT2D eigenvalue weighted by Crippen LogP contribution is 2.15. The van der Waals surface area contributed by atoms with Crippen molar-refractivity contribution in [1.82, 2.24) is 5.32 Å². The number of urea groups is 1. The summed E-state index contributed by atoms with van der Waals surface area (Å²) in [7, 11) is 1.48. The van der Waals surface area contributed by atoms with Crippen molar-refractivity contribution in [1.29, 1.82) is 0 Å². The van der Waals surface area contributed by atoms with Gasteiger partial charge in [0.1, 0.15) is 0 Å². The zero-order valence-electron chi connectivity index (χ0n) is 10.7. The Balaban J connectivity index is 2.86. The maximum atomic E-state index is 11.5. The van der Waals surface area contributed by atoms with E-state index in [9.17, 15) is 14.4 Å². The molecule has 0 aromatic heterocycles. The van der Waals surface area contributed by atoms with Gasteiger partial charge in [0.05, 0.1) is 17.7 Å². The van der Waals surface area contributed by atoms with Gasteiger partial charge in [0.2, 0.25) is 0 Å². The van der Waals surface area contributed by atoms with E-state index in [1.165, 1.54) is 19.2 Å².